The zero-order valence-electron chi connectivity index (χ0n) is 9.40. The standard InChI is InChI=1S/C12H15NO2.Re/c1-8-3-4-11-10(7-8)9(2)5-6-13(11)12(14)15;/h3-4,7,9H,5-6H2,1-2H3,(H,14,15);. The van der Waals surface area contributed by atoms with Crippen molar-refractivity contribution < 1.29 is 30.3 Å². The van der Waals surface area contributed by atoms with E-state index in [-0.39, 0.29) is 20.4 Å². The van der Waals surface area contributed by atoms with Crippen molar-refractivity contribution in [1.82, 2.24) is 0 Å². The fourth-order valence-corrected chi connectivity index (χ4v) is 2.11. The van der Waals surface area contributed by atoms with Crippen LogP contribution in [-0.2, 0) is 20.4 Å². The van der Waals surface area contributed by atoms with Crippen LogP contribution in [0.15, 0.2) is 18.2 Å². The van der Waals surface area contributed by atoms with Crippen LogP contribution in [0, 0.1) is 6.92 Å². The molecule has 1 aromatic carbocycles. The van der Waals surface area contributed by atoms with Gasteiger partial charge in [-0.1, -0.05) is 24.6 Å². The van der Waals surface area contributed by atoms with Gasteiger partial charge in [-0.05, 0) is 30.9 Å². The molecule has 0 spiro atoms. The molecule has 16 heavy (non-hydrogen) atoms. The van der Waals surface area contributed by atoms with Gasteiger partial charge in [0.2, 0.25) is 0 Å². The summed E-state index contributed by atoms with van der Waals surface area (Å²) in [7, 11) is 0. The molecule has 0 aromatic heterocycles. The summed E-state index contributed by atoms with van der Waals surface area (Å²) in [6.07, 6.45) is 0.0509. The van der Waals surface area contributed by atoms with Crippen LogP contribution in [-0.4, -0.2) is 17.7 Å². The van der Waals surface area contributed by atoms with E-state index in [1.54, 1.807) is 0 Å². The van der Waals surface area contributed by atoms with Crippen molar-refractivity contribution in [2.45, 2.75) is 26.2 Å². The molecule has 1 aliphatic rings. The molecule has 3 nitrogen and oxygen atoms in total. The molecule has 1 atom stereocenters. The molecule has 1 aromatic rings. The van der Waals surface area contributed by atoms with E-state index in [0.717, 1.165) is 17.7 Å². The van der Waals surface area contributed by atoms with Crippen LogP contribution in [0.3, 0.4) is 0 Å². The first-order valence-corrected chi connectivity index (χ1v) is 5.20. The normalized spacial score (nSPS) is 18.6. The number of carbonyl (C=O) groups is 1. The van der Waals surface area contributed by atoms with Crippen molar-refractivity contribution in [2.75, 3.05) is 11.4 Å². The largest absolute Gasteiger partial charge is 0.465 e. The first kappa shape index (κ1) is 13.2. The Labute approximate surface area is 109 Å². The zero-order valence-corrected chi connectivity index (χ0v) is 12.1. The average Bonchev–Trinajstić information content (AvgIpc) is 2.19. The molecule has 4 heteroatoms. The van der Waals surface area contributed by atoms with Gasteiger partial charge in [0.25, 0.3) is 0 Å². The van der Waals surface area contributed by atoms with Crippen molar-refractivity contribution in [1.29, 1.82) is 0 Å². The van der Waals surface area contributed by atoms with Gasteiger partial charge in [-0.2, -0.15) is 0 Å². The summed E-state index contributed by atoms with van der Waals surface area (Å²) in [6, 6.07) is 5.97. The Morgan fingerprint density at radius 2 is 2.19 bits per heavy atom. The molecule has 0 saturated carbocycles. The van der Waals surface area contributed by atoms with E-state index in [2.05, 4.69) is 13.0 Å². The number of rotatable bonds is 0. The third-order valence-electron chi connectivity index (χ3n) is 3.02. The summed E-state index contributed by atoms with van der Waals surface area (Å²) in [5.74, 6) is 0.454. The Kier molecular flexibility index (Phi) is 4.12. The van der Waals surface area contributed by atoms with E-state index in [0.29, 0.717) is 12.5 Å². The summed E-state index contributed by atoms with van der Waals surface area (Å²) < 4.78 is 0. The molecular formula is C12H15NO2Re. The predicted octanol–water partition coefficient (Wildman–Crippen LogP) is 2.98. The maximum Gasteiger partial charge on any atom is 0.411 e. The molecule has 1 unspecified atom stereocenters. The Bertz CT molecular complexity index is 406. The van der Waals surface area contributed by atoms with Crippen molar-refractivity contribution in [3.63, 3.8) is 0 Å². The maximum atomic E-state index is 11.0. The number of anilines is 1. The van der Waals surface area contributed by atoms with Gasteiger partial charge in [0.05, 0.1) is 5.69 Å². The van der Waals surface area contributed by atoms with Crippen molar-refractivity contribution >= 4 is 11.8 Å². The molecule has 0 fully saturated rings. The van der Waals surface area contributed by atoms with Gasteiger partial charge < -0.3 is 5.11 Å². The second-order valence-electron chi connectivity index (χ2n) is 4.19. The van der Waals surface area contributed by atoms with E-state index in [4.69, 9.17) is 5.11 Å². The van der Waals surface area contributed by atoms with Crippen LogP contribution in [0.25, 0.3) is 0 Å². The first-order valence-electron chi connectivity index (χ1n) is 5.20. The number of nitrogens with zero attached hydrogens (tertiary/aromatic N) is 1. The number of amides is 1. The number of aryl methyl sites for hydroxylation is 1. The summed E-state index contributed by atoms with van der Waals surface area (Å²) in [5, 5.41) is 9.07. The van der Waals surface area contributed by atoms with Crippen LogP contribution in [0.2, 0.25) is 0 Å². The van der Waals surface area contributed by atoms with Gasteiger partial charge in [-0.3, -0.25) is 4.90 Å². The summed E-state index contributed by atoms with van der Waals surface area (Å²) in [4.78, 5) is 12.5. The number of fused-ring (bicyclic) bond motifs is 1. The van der Waals surface area contributed by atoms with Crippen molar-refractivity contribution in [3.05, 3.63) is 29.3 Å². The smallest absolute Gasteiger partial charge is 0.411 e. The monoisotopic (exact) mass is 392 g/mol. The molecule has 1 aliphatic heterocycles. The molecular weight excluding hydrogens is 376 g/mol. The predicted molar refractivity (Wildman–Crippen MR) is 59.6 cm³/mol. The molecule has 2 rings (SSSR count). The van der Waals surface area contributed by atoms with Gasteiger partial charge in [0.15, 0.2) is 0 Å². The topological polar surface area (TPSA) is 40.5 Å². The Morgan fingerprint density at radius 1 is 1.50 bits per heavy atom. The molecule has 0 bridgehead atoms. The summed E-state index contributed by atoms with van der Waals surface area (Å²) in [5.41, 5.74) is 3.20. The van der Waals surface area contributed by atoms with Crippen LogP contribution in [0.1, 0.15) is 30.4 Å². The van der Waals surface area contributed by atoms with E-state index >= 15 is 0 Å². The quantitative estimate of drug-likeness (QED) is 0.739. The number of hydrogen-bond donors (Lipinski definition) is 1. The van der Waals surface area contributed by atoms with Crippen LogP contribution < -0.4 is 4.90 Å². The third-order valence-corrected chi connectivity index (χ3v) is 3.02. The minimum absolute atomic E-state index is 0. The van der Waals surface area contributed by atoms with Gasteiger partial charge >= 0.3 is 6.09 Å². The second kappa shape index (κ2) is 4.99. The van der Waals surface area contributed by atoms with Gasteiger partial charge in [-0.15, -0.1) is 0 Å². The Balaban J connectivity index is 0.00000128. The molecule has 1 amide bonds. The van der Waals surface area contributed by atoms with Crippen LogP contribution in [0.5, 0.6) is 0 Å². The number of carboxylic acid groups (broad SMARTS) is 1. The number of benzene rings is 1. The van der Waals surface area contributed by atoms with E-state index < -0.39 is 6.09 Å². The fraction of sp³-hybridized carbons (Fsp3) is 0.417. The van der Waals surface area contributed by atoms with Gasteiger partial charge in [0.1, 0.15) is 0 Å². The minimum atomic E-state index is -0.855. The summed E-state index contributed by atoms with van der Waals surface area (Å²) >= 11 is 0. The third kappa shape index (κ3) is 2.29. The van der Waals surface area contributed by atoms with Crippen molar-refractivity contribution in [2.24, 2.45) is 0 Å². The maximum absolute atomic E-state index is 11.0. The molecule has 1 N–H and O–H groups in total. The average molecular weight is 391 g/mol. The van der Waals surface area contributed by atoms with Gasteiger partial charge in [-0.25, -0.2) is 4.79 Å². The van der Waals surface area contributed by atoms with E-state index in [1.807, 2.05) is 19.1 Å². The molecule has 1 heterocycles. The van der Waals surface area contributed by atoms with Crippen LogP contribution >= 0.6 is 0 Å². The van der Waals surface area contributed by atoms with E-state index in [9.17, 15) is 4.79 Å². The molecule has 0 saturated heterocycles. The second-order valence-corrected chi connectivity index (χ2v) is 4.19. The van der Waals surface area contributed by atoms with Crippen LogP contribution in [0.4, 0.5) is 10.5 Å². The first-order chi connectivity index (χ1) is 7.09. The zero-order chi connectivity index (χ0) is 11.0. The molecule has 87 valence electrons. The number of hydrogen-bond acceptors (Lipinski definition) is 1. The SMILES string of the molecule is Cc1ccc2c(c1)C(C)CCN2C(=O)O.[Re]. The summed E-state index contributed by atoms with van der Waals surface area (Å²) in [6.45, 7) is 4.79. The van der Waals surface area contributed by atoms with Crippen molar-refractivity contribution in [3.8, 4) is 0 Å². The molecule has 1 radical (unpaired) electrons. The molecule has 0 aliphatic carbocycles. The fourth-order valence-electron chi connectivity index (χ4n) is 2.11. The van der Waals surface area contributed by atoms with E-state index in [1.165, 1.54) is 10.5 Å². The Hall–Kier alpha value is -0.848. The minimum Gasteiger partial charge on any atom is -0.465 e. The Morgan fingerprint density at radius 3 is 2.81 bits per heavy atom. The van der Waals surface area contributed by atoms with Gasteiger partial charge in [0, 0.05) is 27.0 Å².